The molecule has 0 amide bonds. The Morgan fingerprint density at radius 2 is 1.84 bits per heavy atom. The van der Waals surface area contributed by atoms with E-state index in [2.05, 4.69) is 5.32 Å². The van der Waals surface area contributed by atoms with Crippen molar-refractivity contribution in [1.29, 1.82) is 0 Å². The number of nitrogens with one attached hydrogen (secondary N) is 1. The third kappa shape index (κ3) is 2.85. The Morgan fingerprint density at radius 1 is 1.21 bits per heavy atom. The van der Waals surface area contributed by atoms with E-state index in [1.807, 2.05) is 0 Å². The van der Waals surface area contributed by atoms with Crippen molar-refractivity contribution in [2.75, 3.05) is 18.2 Å². The predicted molar refractivity (Wildman–Crippen MR) is 77.1 cm³/mol. The van der Waals surface area contributed by atoms with Gasteiger partial charge in [-0.1, -0.05) is 29.3 Å². The number of rotatable bonds is 3. The first-order chi connectivity index (χ1) is 9.02. The lowest BCUT2D eigenvalue weighted by Crippen LogP contribution is -2.00. The molecule has 6 heteroatoms. The van der Waals surface area contributed by atoms with E-state index in [9.17, 15) is 4.39 Å². The molecule has 19 heavy (non-hydrogen) atoms. The summed E-state index contributed by atoms with van der Waals surface area (Å²) in [7, 11) is 1.52. The molecule has 2 aromatic carbocycles. The first-order valence-electron chi connectivity index (χ1n) is 5.37. The third-order valence-corrected chi connectivity index (χ3v) is 3.15. The number of methoxy groups -OCH3 is 1. The van der Waals surface area contributed by atoms with Gasteiger partial charge in [0.05, 0.1) is 34.2 Å². The standard InChI is InChI=1S/C13H11Cl2FN2O/c1-19-11-4-2-3-10(12(11)17)18-13-8(14)5-7(16)6-9(13)15/h2-6,18H,17H2,1H3. The number of nitrogens with two attached hydrogens (primary N) is 1. The lowest BCUT2D eigenvalue weighted by atomic mass is 10.2. The highest BCUT2D eigenvalue weighted by atomic mass is 35.5. The summed E-state index contributed by atoms with van der Waals surface area (Å²) < 4.78 is 18.2. The zero-order chi connectivity index (χ0) is 14.0. The molecule has 0 unspecified atom stereocenters. The van der Waals surface area contributed by atoms with Gasteiger partial charge in [0.25, 0.3) is 0 Å². The van der Waals surface area contributed by atoms with Crippen molar-refractivity contribution in [2.45, 2.75) is 0 Å². The zero-order valence-corrected chi connectivity index (χ0v) is 11.5. The second kappa shape index (κ2) is 5.55. The fraction of sp³-hybridized carbons (Fsp3) is 0.0769. The molecular weight excluding hydrogens is 290 g/mol. The molecule has 0 aliphatic heterocycles. The summed E-state index contributed by atoms with van der Waals surface area (Å²) in [4.78, 5) is 0. The molecule has 0 fully saturated rings. The second-order valence-electron chi connectivity index (χ2n) is 3.79. The van der Waals surface area contributed by atoms with E-state index in [1.54, 1.807) is 18.2 Å². The van der Waals surface area contributed by atoms with Crippen LogP contribution >= 0.6 is 23.2 Å². The summed E-state index contributed by atoms with van der Waals surface area (Å²) >= 11 is 11.9. The van der Waals surface area contributed by atoms with Gasteiger partial charge in [-0.25, -0.2) is 4.39 Å². The van der Waals surface area contributed by atoms with Gasteiger partial charge >= 0.3 is 0 Å². The first kappa shape index (κ1) is 13.8. The van der Waals surface area contributed by atoms with Crippen LogP contribution in [0.5, 0.6) is 5.75 Å². The van der Waals surface area contributed by atoms with Crippen molar-refractivity contribution < 1.29 is 9.13 Å². The average Bonchev–Trinajstić information content (AvgIpc) is 2.35. The topological polar surface area (TPSA) is 47.3 Å². The monoisotopic (exact) mass is 300 g/mol. The minimum Gasteiger partial charge on any atom is -0.495 e. The van der Waals surface area contributed by atoms with E-state index < -0.39 is 5.82 Å². The fourth-order valence-corrected chi connectivity index (χ4v) is 2.18. The Morgan fingerprint density at radius 3 is 2.42 bits per heavy atom. The number of nitrogen functional groups attached to an aromatic ring is 1. The van der Waals surface area contributed by atoms with E-state index in [4.69, 9.17) is 33.7 Å². The highest BCUT2D eigenvalue weighted by molar-refractivity contribution is 6.39. The number of benzene rings is 2. The highest BCUT2D eigenvalue weighted by Gasteiger charge is 2.11. The molecule has 0 heterocycles. The van der Waals surface area contributed by atoms with Crippen LogP contribution in [-0.4, -0.2) is 7.11 Å². The average molecular weight is 301 g/mol. The fourth-order valence-electron chi connectivity index (χ4n) is 1.63. The Bertz CT molecular complexity index is 597. The summed E-state index contributed by atoms with van der Waals surface area (Å²) in [6, 6.07) is 7.59. The smallest absolute Gasteiger partial charge is 0.143 e. The molecule has 0 aliphatic rings. The lowest BCUT2D eigenvalue weighted by Gasteiger charge is -2.14. The molecule has 3 nitrogen and oxygen atoms in total. The van der Waals surface area contributed by atoms with Crippen LogP contribution < -0.4 is 15.8 Å². The number of ether oxygens (including phenoxy) is 1. The molecule has 0 bridgehead atoms. The molecule has 2 rings (SSSR count). The molecule has 2 aromatic rings. The normalized spacial score (nSPS) is 10.3. The van der Waals surface area contributed by atoms with E-state index in [1.165, 1.54) is 19.2 Å². The van der Waals surface area contributed by atoms with Crippen molar-refractivity contribution in [3.8, 4) is 5.75 Å². The molecule has 3 N–H and O–H groups in total. The SMILES string of the molecule is COc1cccc(Nc2c(Cl)cc(F)cc2Cl)c1N. The van der Waals surface area contributed by atoms with Crippen LogP contribution in [-0.2, 0) is 0 Å². The number of hydrogen-bond donors (Lipinski definition) is 2. The van der Waals surface area contributed by atoms with E-state index in [0.29, 0.717) is 22.8 Å². The van der Waals surface area contributed by atoms with Crippen molar-refractivity contribution in [1.82, 2.24) is 0 Å². The quantitative estimate of drug-likeness (QED) is 0.822. The van der Waals surface area contributed by atoms with E-state index in [0.717, 1.165) is 0 Å². The van der Waals surface area contributed by atoms with Gasteiger partial charge < -0.3 is 15.8 Å². The van der Waals surface area contributed by atoms with E-state index in [-0.39, 0.29) is 10.0 Å². The molecule has 0 aliphatic carbocycles. The Kier molecular flexibility index (Phi) is 4.02. The van der Waals surface area contributed by atoms with E-state index >= 15 is 0 Å². The minimum absolute atomic E-state index is 0.173. The summed E-state index contributed by atoms with van der Waals surface area (Å²) in [5, 5.41) is 3.32. The van der Waals surface area contributed by atoms with Crippen LogP contribution in [0.3, 0.4) is 0 Å². The maximum atomic E-state index is 13.1. The molecule has 100 valence electrons. The maximum Gasteiger partial charge on any atom is 0.143 e. The minimum atomic E-state index is -0.501. The number of hydrogen-bond acceptors (Lipinski definition) is 3. The van der Waals surface area contributed by atoms with Crippen LogP contribution in [0.25, 0.3) is 0 Å². The maximum absolute atomic E-state index is 13.1. The molecule has 0 saturated heterocycles. The second-order valence-corrected chi connectivity index (χ2v) is 4.61. The molecular formula is C13H11Cl2FN2O. The van der Waals surface area contributed by atoms with Gasteiger partial charge in [0.1, 0.15) is 11.6 Å². The van der Waals surface area contributed by atoms with Crippen molar-refractivity contribution in [2.24, 2.45) is 0 Å². The highest BCUT2D eigenvalue weighted by Crippen LogP contribution is 2.37. The number of halogens is 3. The van der Waals surface area contributed by atoms with Crippen LogP contribution in [0.1, 0.15) is 0 Å². The third-order valence-electron chi connectivity index (χ3n) is 2.55. The van der Waals surface area contributed by atoms with Crippen LogP contribution in [0.4, 0.5) is 21.5 Å². The van der Waals surface area contributed by atoms with Crippen molar-refractivity contribution >= 4 is 40.3 Å². The predicted octanol–water partition coefficient (Wildman–Crippen LogP) is 4.47. The van der Waals surface area contributed by atoms with Gasteiger partial charge in [-0.3, -0.25) is 0 Å². The molecule has 0 saturated carbocycles. The lowest BCUT2D eigenvalue weighted by molar-refractivity contribution is 0.417. The Balaban J connectivity index is 2.42. The van der Waals surface area contributed by atoms with Gasteiger partial charge in [0.2, 0.25) is 0 Å². The number of anilines is 3. The van der Waals surface area contributed by atoms with Crippen LogP contribution in [0.2, 0.25) is 10.0 Å². The van der Waals surface area contributed by atoms with Gasteiger partial charge in [0.15, 0.2) is 0 Å². The summed E-state index contributed by atoms with van der Waals surface area (Å²) in [5.74, 6) is 0.0264. The molecule has 0 aromatic heterocycles. The summed E-state index contributed by atoms with van der Waals surface area (Å²) in [6.07, 6.45) is 0. The summed E-state index contributed by atoms with van der Waals surface area (Å²) in [5.41, 5.74) is 7.31. The molecule has 0 radical (unpaired) electrons. The molecule has 0 atom stereocenters. The largest absolute Gasteiger partial charge is 0.495 e. The van der Waals surface area contributed by atoms with Gasteiger partial charge in [-0.15, -0.1) is 0 Å². The zero-order valence-electron chi connectivity index (χ0n) is 10.0. The van der Waals surface area contributed by atoms with Crippen molar-refractivity contribution in [3.05, 3.63) is 46.2 Å². The van der Waals surface area contributed by atoms with Crippen LogP contribution in [0, 0.1) is 5.82 Å². The van der Waals surface area contributed by atoms with Gasteiger partial charge in [-0.2, -0.15) is 0 Å². The van der Waals surface area contributed by atoms with Crippen molar-refractivity contribution in [3.63, 3.8) is 0 Å². The van der Waals surface area contributed by atoms with Gasteiger partial charge in [0, 0.05) is 0 Å². The first-order valence-corrected chi connectivity index (χ1v) is 6.12. The van der Waals surface area contributed by atoms with Gasteiger partial charge in [-0.05, 0) is 24.3 Å². The molecule has 0 spiro atoms. The van der Waals surface area contributed by atoms with Crippen LogP contribution in [0.15, 0.2) is 30.3 Å². The Labute approximate surface area is 120 Å². The number of para-hydroxylation sites is 1. The summed E-state index contributed by atoms with van der Waals surface area (Å²) in [6.45, 7) is 0. The Hall–Kier alpha value is -1.65.